The third kappa shape index (κ3) is 4.68. The fraction of sp³-hybridized carbons (Fsp3) is 0.355. The van der Waals surface area contributed by atoms with Crippen LogP contribution in [0.25, 0.3) is 16.6 Å². The van der Waals surface area contributed by atoms with Crippen molar-refractivity contribution < 1.29 is 9.18 Å². The minimum Gasteiger partial charge on any atom is -0.314 e. The predicted octanol–water partition coefficient (Wildman–Crippen LogP) is 4.48. The van der Waals surface area contributed by atoms with Gasteiger partial charge in [0, 0.05) is 37.2 Å². The van der Waals surface area contributed by atoms with Crippen molar-refractivity contribution in [3.05, 3.63) is 107 Å². The van der Waals surface area contributed by atoms with Crippen LogP contribution in [0.3, 0.4) is 0 Å². The number of aryl methyl sites for hydroxylation is 1. The van der Waals surface area contributed by atoms with Gasteiger partial charge in [-0.3, -0.25) is 23.5 Å². The number of benzene rings is 2. The van der Waals surface area contributed by atoms with E-state index in [1.54, 1.807) is 44.3 Å². The van der Waals surface area contributed by atoms with Crippen molar-refractivity contribution in [1.82, 2.24) is 13.7 Å². The largest absolute Gasteiger partial charge is 0.336 e. The van der Waals surface area contributed by atoms with Crippen LogP contribution in [0.4, 0.5) is 4.39 Å². The van der Waals surface area contributed by atoms with Crippen LogP contribution in [-0.4, -0.2) is 19.5 Å². The first-order chi connectivity index (χ1) is 18.5. The highest BCUT2D eigenvalue weighted by Gasteiger charge is 2.31. The lowest BCUT2D eigenvalue weighted by Gasteiger charge is -2.20. The third-order valence-electron chi connectivity index (χ3n) is 7.60. The quantitative estimate of drug-likeness (QED) is 0.354. The zero-order chi connectivity index (χ0) is 28.2. The molecule has 7 nitrogen and oxygen atoms in total. The maximum atomic E-state index is 15.2. The van der Waals surface area contributed by atoms with Crippen LogP contribution in [-0.2, 0) is 24.7 Å². The Hall–Kier alpha value is -4.07. The minimum absolute atomic E-state index is 0.00914. The molecule has 0 radical (unpaired) electrons. The van der Waals surface area contributed by atoms with Crippen molar-refractivity contribution in [3.63, 3.8) is 0 Å². The van der Waals surface area contributed by atoms with Gasteiger partial charge in [-0.15, -0.1) is 0 Å². The zero-order valence-corrected chi connectivity index (χ0v) is 22.9. The van der Waals surface area contributed by atoms with E-state index in [1.165, 1.54) is 26.7 Å². The first-order valence-electron chi connectivity index (χ1n) is 13.3. The number of Topliss-reactive ketones (excluding diaryl/α,β-unsaturated/α-hetero) is 1. The number of nitrogens with zero attached hydrogens (tertiary/aromatic N) is 3. The van der Waals surface area contributed by atoms with Gasteiger partial charge >= 0.3 is 5.69 Å². The smallest absolute Gasteiger partial charge is 0.314 e. The number of carbonyl (C=O) groups is 1. The van der Waals surface area contributed by atoms with Gasteiger partial charge in [0.25, 0.3) is 11.1 Å². The van der Waals surface area contributed by atoms with Crippen LogP contribution in [0.2, 0.25) is 0 Å². The summed E-state index contributed by atoms with van der Waals surface area (Å²) >= 11 is 0. The molecule has 2 heterocycles. The molecule has 0 spiro atoms. The van der Waals surface area contributed by atoms with Gasteiger partial charge in [-0.25, -0.2) is 9.18 Å². The molecule has 0 N–H and O–H groups in total. The van der Waals surface area contributed by atoms with E-state index in [2.05, 4.69) is 0 Å². The maximum Gasteiger partial charge on any atom is 0.336 e. The summed E-state index contributed by atoms with van der Waals surface area (Å²) in [6, 6.07) is 11.8. The van der Waals surface area contributed by atoms with Gasteiger partial charge in [-0.05, 0) is 67.5 Å². The third-order valence-corrected chi connectivity index (χ3v) is 7.60. The Bertz CT molecular complexity index is 1820. The lowest BCUT2D eigenvalue weighted by atomic mass is 9.98. The predicted molar refractivity (Wildman–Crippen MR) is 150 cm³/mol. The number of rotatable bonds is 7. The van der Waals surface area contributed by atoms with Crippen LogP contribution in [0.1, 0.15) is 73.5 Å². The van der Waals surface area contributed by atoms with Crippen molar-refractivity contribution >= 4 is 16.7 Å². The standard InChI is InChI=1S/C31H32FN3O4/c1-17(2)21-9-10-22(25(32)15-21)16-26-27-28(19(4)29(37)33(26)5)34(31(39)35(30(27)38)23-11-12-23)24-8-6-7-20(14-24)13-18(3)36/h6-10,14-15,17,23H,11-13,16H2,1-5H3. The molecule has 2 aromatic carbocycles. The fourth-order valence-corrected chi connectivity index (χ4v) is 5.32. The Balaban J connectivity index is 1.86. The molecule has 1 fully saturated rings. The summed E-state index contributed by atoms with van der Waals surface area (Å²) in [5.41, 5.74) is 1.86. The Labute approximate surface area is 225 Å². The molecule has 5 rings (SSSR count). The molecular weight excluding hydrogens is 497 g/mol. The van der Waals surface area contributed by atoms with Gasteiger partial charge in [-0.1, -0.05) is 38.1 Å². The highest BCUT2D eigenvalue weighted by molar-refractivity contribution is 5.85. The molecule has 0 saturated heterocycles. The second kappa shape index (κ2) is 9.91. The molecule has 1 saturated carbocycles. The number of halogens is 1. The minimum atomic E-state index is -0.523. The van der Waals surface area contributed by atoms with E-state index in [4.69, 9.17) is 0 Å². The average molecular weight is 530 g/mol. The summed E-state index contributed by atoms with van der Waals surface area (Å²) in [5.74, 6) is -0.280. The monoisotopic (exact) mass is 529 g/mol. The van der Waals surface area contributed by atoms with Gasteiger partial charge in [0.05, 0.1) is 16.6 Å². The van der Waals surface area contributed by atoms with Crippen molar-refractivity contribution in [3.8, 4) is 5.69 Å². The Morgan fingerprint density at radius 1 is 1.05 bits per heavy atom. The van der Waals surface area contributed by atoms with Gasteiger partial charge < -0.3 is 4.57 Å². The zero-order valence-electron chi connectivity index (χ0n) is 22.9. The molecule has 202 valence electrons. The number of ketones is 1. The first-order valence-corrected chi connectivity index (χ1v) is 13.3. The van der Waals surface area contributed by atoms with Crippen LogP contribution in [0, 0.1) is 12.7 Å². The van der Waals surface area contributed by atoms with E-state index < -0.39 is 17.1 Å². The van der Waals surface area contributed by atoms with Crippen LogP contribution < -0.4 is 16.8 Å². The average Bonchev–Trinajstić information content (AvgIpc) is 3.71. The number of hydrogen-bond acceptors (Lipinski definition) is 4. The van der Waals surface area contributed by atoms with Crippen molar-refractivity contribution in [1.29, 1.82) is 0 Å². The highest BCUT2D eigenvalue weighted by Crippen LogP contribution is 2.33. The van der Waals surface area contributed by atoms with E-state index in [9.17, 15) is 19.2 Å². The van der Waals surface area contributed by atoms with E-state index in [0.29, 0.717) is 29.8 Å². The molecule has 8 heteroatoms. The van der Waals surface area contributed by atoms with Crippen molar-refractivity contribution in [2.24, 2.45) is 7.05 Å². The van der Waals surface area contributed by atoms with Crippen LogP contribution in [0.15, 0.2) is 56.8 Å². The second-order valence-electron chi connectivity index (χ2n) is 10.9. The van der Waals surface area contributed by atoms with Gasteiger partial charge in [0.15, 0.2) is 0 Å². The lowest BCUT2D eigenvalue weighted by molar-refractivity contribution is -0.116. The Morgan fingerprint density at radius 3 is 2.38 bits per heavy atom. The van der Waals surface area contributed by atoms with Crippen molar-refractivity contribution in [2.45, 2.75) is 65.3 Å². The molecule has 4 aromatic rings. The summed E-state index contributed by atoms with van der Waals surface area (Å²) in [4.78, 5) is 53.1. The molecule has 0 amide bonds. The van der Waals surface area contributed by atoms with Crippen molar-refractivity contribution in [2.75, 3.05) is 0 Å². The molecule has 0 aliphatic heterocycles. The molecule has 2 aromatic heterocycles. The van der Waals surface area contributed by atoms with E-state index in [0.717, 1.165) is 11.1 Å². The molecule has 1 aliphatic rings. The topological polar surface area (TPSA) is 83.1 Å². The fourth-order valence-electron chi connectivity index (χ4n) is 5.32. The number of carbonyl (C=O) groups excluding carboxylic acids is 1. The molecular formula is C31H32FN3O4. The number of aromatic nitrogens is 3. The van der Waals surface area contributed by atoms with E-state index in [-0.39, 0.29) is 52.6 Å². The maximum absolute atomic E-state index is 15.2. The number of pyridine rings is 1. The molecule has 0 atom stereocenters. The number of hydrogen-bond donors (Lipinski definition) is 0. The summed E-state index contributed by atoms with van der Waals surface area (Å²) in [7, 11) is 1.58. The molecule has 1 aliphatic carbocycles. The number of fused-ring (bicyclic) bond motifs is 1. The van der Waals surface area contributed by atoms with E-state index >= 15 is 4.39 Å². The first kappa shape index (κ1) is 26.5. The molecule has 0 bridgehead atoms. The lowest BCUT2D eigenvalue weighted by Crippen LogP contribution is -2.41. The Morgan fingerprint density at radius 2 is 1.77 bits per heavy atom. The summed E-state index contributed by atoms with van der Waals surface area (Å²) in [5, 5.41) is 0.227. The van der Waals surface area contributed by atoms with Crippen LogP contribution >= 0.6 is 0 Å². The second-order valence-corrected chi connectivity index (χ2v) is 10.9. The van der Waals surface area contributed by atoms with Gasteiger partial charge in [0.1, 0.15) is 11.6 Å². The summed E-state index contributed by atoms with van der Waals surface area (Å²) < 4.78 is 19.3. The van der Waals surface area contributed by atoms with Crippen LogP contribution in [0.5, 0.6) is 0 Å². The van der Waals surface area contributed by atoms with E-state index in [1.807, 2.05) is 19.9 Å². The van der Waals surface area contributed by atoms with Gasteiger partial charge in [0.2, 0.25) is 0 Å². The summed E-state index contributed by atoms with van der Waals surface area (Å²) in [6.45, 7) is 7.06. The molecule has 0 unspecified atom stereocenters. The normalized spacial score (nSPS) is 13.4. The Kier molecular flexibility index (Phi) is 6.74. The summed E-state index contributed by atoms with van der Waals surface area (Å²) in [6.07, 6.45) is 1.61. The SMILES string of the molecule is CC(=O)Cc1cccc(-n2c(=O)n(C3CC3)c(=O)c3c(Cc4ccc(C(C)C)cc4F)n(C)c(=O)c(C)c32)c1. The highest BCUT2D eigenvalue weighted by atomic mass is 19.1. The molecule has 39 heavy (non-hydrogen) atoms. The van der Waals surface area contributed by atoms with Gasteiger partial charge in [-0.2, -0.15) is 0 Å².